The van der Waals surface area contributed by atoms with Crippen LogP contribution in [-0.4, -0.2) is 19.6 Å². The van der Waals surface area contributed by atoms with Gasteiger partial charge in [0.2, 0.25) is 10.0 Å². The number of benzene rings is 2. The van der Waals surface area contributed by atoms with Gasteiger partial charge in [-0.3, -0.25) is 4.79 Å². The third kappa shape index (κ3) is 5.47. The zero-order valence-electron chi connectivity index (χ0n) is 15.2. The van der Waals surface area contributed by atoms with Gasteiger partial charge in [0.15, 0.2) is 0 Å². The third-order valence-electron chi connectivity index (χ3n) is 4.73. The summed E-state index contributed by atoms with van der Waals surface area (Å²) in [6.07, 6.45) is 2.98. The van der Waals surface area contributed by atoms with Gasteiger partial charge in [0.25, 0.3) is 5.91 Å². The second kappa shape index (κ2) is 9.27. The fraction of sp³-hybridized carbons (Fsp3) is 0.350. The molecule has 5 nitrogen and oxygen atoms in total. The largest absolute Gasteiger partial charge is 0.372 e. The van der Waals surface area contributed by atoms with E-state index in [9.17, 15) is 13.2 Å². The molecular formula is C20H21Cl2NO4S. The Balaban J connectivity index is 1.53. The molecule has 1 aliphatic carbocycles. The lowest BCUT2D eigenvalue weighted by molar-refractivity contribution is 0.0980. The smallest absolute Gasteiger partial charge is 0.264 e. The zero-order chi connectivity index (χ0) is 20.1. The predicted octanol–water partition coefficient (Wildman–Crippen LogP) is 4.71. The topological polar surface area (TPSA) is 72.5 Å². The molecule has 150 valence electrons. The van der Waals surface area contributed by atoms with Crippen molar-refractivity contribution in [2.75, 3.05) is 0 Å². The minimum Gasteiger partial charge on any atom is -0.372 e. The van der Waals surface area contributed by atoms with Crippen molar-refractivity contribution in [3.05, 3.63) is 69.2 Å². The van der Waals surface area contributed by atoms with Crippen LogP contribution < -0.4 is 4.72 Å². The Bertz CT molecular complexity index is 939. The highest BCUT2D eigenvalue weighted by atomic mass is 35.5. The van der Waals surface area contributed by atoms with Crippen LogP contribution in [0.1, 0.15) is 47.2 Å². The molecule has 3 rings (SSSR count). The number of rotatable bonds is 7. The van der Waals surface area contributed by atoms with Gasteiger partial charge in [-0.15, -0.1) is 0 Å². The molecule has 0 aliphatic heterocycles. The quantitative estimate of drug-likeness (QED) is 0.674. The van der Waals surface area contributed by atoms with Crippen LogP contribution in [-0.2, 0) is 28.0 Å². The first-order chi connectivity index (χ1) is 13.3. The summed E-state index contributed by atoms with van der Waals surface area (Å²) in [4.78, 5) is 12.2. The maximum absolute atomic E-state index is 12.2. The molecule has 1 N–H and O–H groups in total. The van der Waals surface area contributed by atoms with E-state index < -0.39 is 21.2 Å². The Morgan fingerprint density at radius 3 is 2.36 bits per heavy atom. The molecule has 1 amide bonds. The highest BCUT2D eigenvalue weighted by Crippen LogP contribution is 2.24. The molecule has 0 atom stereocenters. The molecule has 0 spiro atoms. The lowest BCUT2D eigenvalue weighted by Gasteiger charge is -2.12. The summed E-state index contributed by atoms with van der Waals surface area (Å²) in [6.45, 7) is 0.666. The lowest BCUT2D eigenvalue weighted by Crippen LogP contribution is -2.37. The summed E-state index contributed by atoms with van der Waals surface area (Å²) in [5.74, 6) is -0.604. The number of ether oxygens (including phenoxy) is 1. The molecule has 28 heavy (non-hydrogen) atoms. The molecule has 2 aromatic rings. The summed E-state index contributed by atoms with van der Waals surface area (Å²) < 4.78 is 32.3. The first kappa shape index (κ1) is 21.1. The van der Waals surface area contributed by atoms with Crippen LogP contribution in [0.5, 0.6) is 0 Å². The molecule has 1 saturated carbocycles. The minimum absolute atomic E-state index is 0.297. The number of carbonyl (C=O) groups is 1. The number of nitrogens with one attached hydrogen (secondary N) is 1. The van der Waals surface area contributed by atoms with Gasteiger partial charge < -0.3 is 4.74 Å². The van der Waals surface area contributed by atoms with Gasteiger partial charge in [0.1, 0.15) is 0 Å². The van der Waals surface area contributed by atoms with Crippen molar-refractivity contribution < 1.29 is 17.9 Å². The first-order valence-electron chi connectivity index (χ1n) is 9.02. The monoisotopic (exact) mass is 441 g/mol. The predicted molar refractivity (Wildman–Crippen MR) is 110 cm³/mol. The van der Waals surface area contributed by atoms with E-state index in [2.05, 4.69) is 4.72 Å². The van der Waals surface area contributed by atoms with Gasteiger partial charge >= 0.3 is 0 Å². The van der Waals surface area contributed by atoms with Crippen molar-refractivity contribution in [3.63, 3.8) is 0 Å². The molecule has 0 heterocycles. The van der Waals surface area contributed by atoms with E-state index in [0.29, 0.717) is 41.7 Å². The number of hydrogen-bond acceptors (Lipinski definition) is 4. The van der Waals surface area contributed by atoms with Gasteiger partial charge in [0, 0.05) is 15.6 Å². The fourth-order valence-corrected chi connectivity index (χ4v) is 5.10. The van der Waals surface area contributed by atoms with E-state index in [0.717, 1.165) is 24.0 Å². The van der Waals surface area contributed by atoms with Crippen LogP contribution in [0.4, 0.5) is 0 Å². The van der Waals surface area contributed by atoms with E-state index in [1.807, 2.05) is 6.07 Å². The van der Waals surface area contributed by atoms with E-state index in [4.69, 9.17) is 27.9 Å². The maximum Gasteiger partial charge on any atom is 0.264 e. The van der Waals surface area contributed by atoms with Crippen molar-refractivity contribution in [2.24, 2.45) is 0 Å². The molecule has 0 bridgehead atoms. The molecular weight excluding hydrogens is 421 g/mol. The Kier molecular flexibility index (Phi) is 6.99. The van der Waals surface area contributed by atoms with Gasteiger partial charge in [-0.25, -0.2) is 13.1 Å². The van der Waals surface area contributed by atoms with Crippen molar-refractivity contribution in [3.8, 4) is 0 Å². The molecule has 0 aromatic heterocycles. The van der Waals surface area contributed by atoms with Crippen LogP contribution in [0.3, 0.4) is 0 Å². The van der Waals surface area contributed by atoms with Crippen molar-refractivity contribution in [1.82, 2.24) is 4.72 Å². The Labute approximate surface area is 175 Å². The van der Waals surface area contributed by atoms with E-state index in [-0.39, 0.29) is 0 Å². The van der Waals surface area contributed by atoms with Crippen LogP contribution in [0.15, 0.2) is 42.5 Å². The number of carbonyl (C=O) groups excluding carboxylic acids is 1. The van der Waals surface area contributed by atoms with E-state index in [1.165, 1.54) is 0 Å². The normalized spacial score (nSPS) is 14.9. The Morgan fingerprint density at radius 2 is 1.71 bits per heavy atom. The summed E-state index contributed by atoms with van der Waals surface area (Å²) in [6, 6.07) is 11.9. The van der Waals surface area contributed by atoms with Crippen molar-refractivity contribution in [2.45, 2.75) is 44.1 Å². The van der Waals surface area contributed by atoms with Gasteiger partial charge in [-0.2, -0.15) is 0 Å². The van der Waals surface area contributed by atoms with E-state index >= 15 is 0 Å². The molecule has 1 fully saturated rings. The van der Waals surface area contributed by atoms with Crippen molar-refractivity contribution in [1.29, 1.82) is 0 Å². The van der Waals surface area contributed by atoms with Gasteiger partial charge in [-0.05, 0) is 48.2 Å². The molecule has 1 aliphatic rings. The average molecular weight is 442 g/mol. The second-order valence-electron chi connectivity index (χ2n) is 6.81. The Hall–Kier alpha value is -1.60. The maximum atomic E-state index is 12.2. The van der Waals surface area contributed by atoms with E-state index in [1.54, 1.807) is 36.4 Å². The highest BCUT2D eigenvalue weighted by molar-refractivity contribution is 7.90. The van der Waals surface area contributed by atoms with Crippen LogP contribution in [0, 0.1) is 0 Å². The molecule has 8 heteroatoms. The SMILES string of the molecule is O=C(NS(=O)(=O)C1CCCC1)c1ccc(COCc2ccc(Cl)cc2Cl)cc1. The fourth-order valence-electron chi connectivity index (χ4n) is 3.14. The van der Waals surface area contributed by atoms with Gasteiger partial charge in [0.05, 0.1) is 18.5 Å². The standard InChI is InChI=1S/C20H21Cl2NO4S/c21-17-10-9-16(19(22)11-17)13-27-12-14-5-7-15(8-6-14)20(24)23-28(25,26)18-3-1-2-4-18/h5-11,18H,1-4,12-13H2,(H,23,24). The third-order valence-corrected chi connectivity index (χ3v) is 7.14. The summed E-state index contributed by atoms with van der Waals surface area (Å²) >= 11 is 12.0. The molecule has 0 radical (unpaired) electrons. The average Bonchev–Trinajstić information content (AvgIpc) is 3.19. The number of hydrogen-bond donors (Lipinski definition) is 1. The van der Waals surface area contributed by atoms with Crippen LogP contribution in [0.2, 0.25) is 10.0 Å². The van der Waals surface area contributed by atoms with Crippen molar-refractivity contribution >= 4 is 39.1 Å². The number of amides is 1. The highest BCUT2D eigenvalue weighted by Gasteiger charge is 2.30. The molecule has 0 unspecified atom stereocenters. The zero-order valence-corrected chi connectivity index (χ0v) is 17.5. The molecule has 0 saturated heterocycles. The van der Waals surface area contributed by atoms with Crippen LogP contribution in [0.25, 0.3) is 0 Å². The summed E-state index contributed by atoms with van der Waals surface area (Å²) in [5.41, 5.74) is 1.99. The first-order valence-corrected chi connectivity index (χ1v) is 11.3. The minimum atomic E-state index is -3.62. The number of sulfonamides is 1. The summed E-state index contributed by atoms with van der Waals surface area (Å²) in [7, 11) is -3.62. The second-order valence-corrected chi connectivity index (χ2v) is 9.61. The van der Waals surface area contributed by atoms with Crippen LogP contribution >= 0.6 is 23.2 Å². The summed E-state index contributed by atoms with van der Waals surface area (Å²) in [5, 5.41) is 0.643. The Morgan fingerprint density at radius 1 is 1.04 bits per heavy atom. The molecule has 2 aromatic carbocycles. The lowest BCUT2D eigenvalue weighted by atomic mass is 10.1. The van der Waals surface area contributed by atoms with Gasteiger partial charge in [-0.1, -0.05) is 54.2 Å². The number of halogens is 2.